The molecule has 1 rings (SSSR count). The first-order valence-electron chi connectivity index (χ1n) is 9.34. The van der Waals surface area contributed by atoms with Crippen LogP contribution in [0.3, 0.4) is 0 Å². The summed E-state index contributed by atoms with van der Waals surface area (Å²) in [6.07, 6.45) is 6.55. The van der Waals surface area contributed by atoms with Crippen LogP contribution in [-0.2, 0) is 17.2 Å². The van der Waals surface area contributed by atoms with Gasteiger partial charge in [-0.05, 0) is 55.4 Å². The molecule has 0 saturated heterocycles. The molecule has 1 heterocycles. The highest BCUT2D eigenvalue weighted by molar-refractivity contribution is 7.86. The summed E-state index contributed by atoms with van der Waals surface area (Å²) in [4.78, 5) is 0. The third kappa shape index (κ3) is 8.49. The lowest BCUT2D eigenvalue weighted by atomic mass is 10.3. The van der Waals surface area contributed by atoms with Crippen molar-refractivity contribution in [1.29, 1.82) is 0 Å². The first-order valence-corrected chi connectivity index (χ1v) is 11.9. The highest BCUT2D eigenvalue weighted by Crippen LogP contribution is 2.50. The van der Waals surface area contributed by atoms with E-state index in [1.165, 1.54) is 0 Å². The molecule has 1 aromatic heterocycles. The Morgan fingerprint density at radius 2 is 1.24 bits per heavy atom. The van der Waals surface area contributed by atoms with E-state index in [-0.39, 0.29) is 0 Å². The highest BCUT2D eigenvalue weighted by Gasteiger charge is 2.39. The van der Waals surface area contributed by atoms with Crippen molar-refractivity contribution >= 4 is 18.5 Å². The number of hydrogen-bond acceptors (Lipinski definition) is 5. The average molecular weight is 463 g/mol. The lowest BCUT2D eigenvalue weighted by Crippen LogP contribution is -2.44. The molecule has 172 valence electrons. The standard InChI is InChI=1S/C16H34N4P.CHF3O3S/c1-13(2)19(14(3)4)21(18-11-10-17(9)12-18)20(15(5)6)16(7)8;2-1(3,4)8(5,6)7/h10-16H,1-9H3;(H,5,6,7)/q+1;/p-1. The maximum atomic E-state index is 10.7. The van der Waals surface area contributed by atoms with E-state index in [0.29, 0.717) is 24.2 Å². The molecule has 29 heavy (non-hydrogen) atoms. The zero-order chi connectivity index (χ0) is 23.3. The van der Waals surface area contributed by atoms with Gasteiger partial charge in [0.05, 0.1) is 7.05 Å². The van der Waals surface area contributed by atoms with Gasteiger partial charge < -0.3 is 4.55 Å². The van der Waals surface area contributed by atoms with Gasteiger partial charge in [0, 0.05) is 24.2 Å². The normalized spacial score (nSPS) is 13.4. The number of alkyl halides is 3. The fraction of sp³-hybridized carbons (Fsp3) is 0.824. The third-order valence-corrected chi connectivity index (χ3v) is 7.66. The second-order valence-electron chi connectivity index (χ2n) is 7.76. The number of nitrogens with zero attached hydrogens (tertiary/aromatic N) is 4. The van der Waals surface area contributed by atoms with Gasteiger partial charge in [0.2, 0.25) is 6.33 Å². The van der Waals surface area contributed by atoms with Gasteiger partial charge in [0.25, 0.3) is 8.37 Å². The van der Waals surface area contributed by atoms with Crippen molar-refractivity contribution in [2.45, 2.75) is 85.1 Å². The molecule has 0 bridgehead atoms. The Bertz CT molecular complexity index is 686. The smallest absolute Gasteiger partial charge is 0.485 e. The van der Waals surface area contributed by atoms with Gasteiger partial charge in [-0.3, -0.25) is 0 Å². The molecule has 0 fully saturated rings. The predicted octanol–water partition coefficient (Wildman–Crippen LogP) is 3.68. The lowest BCUT2D eigenvalue weighted by molar-refractivity contribution is -0.670. The maximum absolute atomic E-state index is 10.7. The average Bonchev–Trinajstić information content (AvgIpc) is 2.89. The number of rotatable bonds is 7. The molecule has 0 atom stereocenters. The molecule has 0 saturated carbocycles. The summed E-state index contributed by atoms with van der Waals surface area (Å²) in [5.41, 5.74) is -5.65. The Morgan fingerprint density at radius 3 is 1.41 bits per heavy atom. The number of aryl methyl sites for hydroxylation is 1. The molecule has 7 nitrogen and oxygen atoms in total. The van der Waals surface area contributed by atoms with E-state index in [1.807, 2.05) is 0 Å². The van der Waals surface area contributed by atoms with Gasteiger partial charge in [-0.1, -0.05) is 0 Å². The Morgan fingerprint density at radius 1 is 0.931 bits per heavy atom. The summed E-state index contributed by atoms with van der Waals surface area (Å²) in [5.74, 6) is 0. The van der Waals surface area contributed by atoms with Crippen LogP contribution in [-0.4, -0.2) is 56.3 Å². The van der Waals surface area contributed by atoms with E-state index in [0.717, 1.165) is 0 Å². The maximum Gasteiger partial charge on any atom is 0.485 e. The summed E-state index contributed by atoms with van der Waals surface area (Å²) >= 11 is 0. The highest BCUT2D eigenvalue weighted by atomic mass is 32.2. The van der Waals surface area contributed by atoms with Crippen LogP contribution in [0.2, 0.25) is 0 Å². The first kappa shape index (κ1) is 28.3. The van der Waals surface area contributed by atoms with Crippen LogP contribution in [0.15, 0.2) is 18.7 Å². The van der Waals surface area contributed by atoms with Gasteiger partial charge in [0.15, 0.2) is 10.1 Å². The third-order valence-electron chi connectivity index (χ3n) is 3.77. The Labute approximate surface area is 174 Å². The van der Waals surface area contributed by atoms with Gasteiger partial charge >= 0.3 is 5.51 Å². The molecule has 0 aliphatic carbocycles. The van der Waals surface area contributed by atoms with E-state index in [1.54, 1.807) is 0 Å². The molecule has 0 aliphatic rings. The molecule has 0 spiro atoms. The number of imidazole rings is 1. The van der Waals surface area contributed by atoms with E-state index < -0.39 is 24.0 Å². The fourth-order valence-electron chi connectivity index (χ4n) is 2.92. The minimum atomic E-state index is -6.09. The second kappa shape index (κ2) is 11.0. The van der Waals surface area contributed by atoms with Crippen LogP contribution in [0.5, 0.6) is 0 Å². The quantitative estimate of drug-likeness (QED) is 0.268. The topological polar surface area (TPSA) is 72.5 Å². The summed E-state index contributed by atoms with van der Waals surface area (Å²) in [7, 11) is -4.56. The molecule has 0 unspecified atom stereocenters. The Hall–Kier alpha value is -0.740. The van der Waals surface area contributed by atoms with Crippen molar-refractivity contribution in [3.05, 3.63) is 18.7 Å². The fourth-order valence-corrected chi connectivity index (χ4v) is 5.72. The largest absolute Gasteiger partial charge is 0.741 e. The molecule has 1 aromatic rings. The summed E-state index contributed by atoms with van der Waals surface area (Å²) in [5, 5.41) is 0. The van der Waals surface area contributed by atoms with Crippen LogP contribution in [0.25, 0.3) is 0 Å². The van der Waals surface area contributed by atoms with Gasteiger partial charge in [-0.15, -0.1) is 0 Å². The minimum absolute atomic E-state index is 0.517. The Kier molecular flexibility index (Phi) is 10.8. The van der Waals surface area contributed by atoms with Gasteiger partial charge in [-0.25, -0.2) is 22.3 Å². The SMILES string of the molecule is CC(C)N(C(C)C)P(N(C(C)C)C(C)C)n1cc[n+](C)c1.O=S(=O)([O-])C(F)(F)F. The first-order chi connectivity index (χ1) is 12.9. The van der Waals surface area contributed by atoms with E-state index >= 15 is 0 Å². The summed E-state index contributed by atoms with van der Waals surface area (Å²) in [6.45, 7) is 18.4. The Balaban J connectivity index is 0.000000828. The molecular formula is C17H34F3N4O3PS. The van der Waals surface area contributed by atoms with Crippen LogP contribution < -0.4 is 4.57 Å². The molecule has 0 N–H and O–H groups in total. The molecule has 0 aliphatic heterocycles. The minimum Gasteiger partial charge on any atom is -0.741 e. The van der Waals surface area contributed by atoms with Crippen molar-refractivity contribution in [2.75, 3.05) is 0 Å². The molecule has 0 amide bonds. The van der Waals surface area contributed by atoms with E-state index in [9.17, 15) is 13.2 Å². The molecular weight excluding hydrogens is 428 g/mol. The van der Waals surface area contributed by atoms with Crippen LogP contribution in [0.1, 0.15) is 55.4 Å². The number of aromatic nitrogens is 2. The van der Waals surface area contributed by atoms with Crippen molar-refractivity contribution in [3.8, 4) is 0 Å². The van der Waals surface area contributed by atoms with Crippen LogP contribution in [0.4, 0.5) is 13.2 Å². The zero-order valence-electron chi connectivity index (χ0n) is 18.5. The van der Waals surface area contributed by atoms with Crippen molar-refractivity contribution < 1.29 is 30.7 Å². The summed E-state index contributed by atoms with van der Waals surface area (Å²) in [6, 6.07) is 2.07. The van der Waals surface area contributed by atoms with Crippen molar-refractivity contribution in [2.24, 2.45) is 7.05 Å². The number of hydrogen-bond donors (Lipinski definition) is 0. The van der Waals surface area contributed by atoms with E-state index in [2.05, 4.69) is 99.4 Å². The predicted molar refractivity (Wildman–Crippen MR) is 108 cm³/mol. The molecule has 0 aromatic carbocycles. The van der Waals surface area contributed by atoms with Gasteiger partial charge in [-0.2, -0.15) is 17.5 Å². The van der Waals surface area contributed by atoms with E-state index in [4.69, 9.17) is 13.0 Å². The second-order valence-corrected chi connectivity index (χ2v) is 11.1. The molecule has 0 radical (unpaired) electrons. The lowest BCUT2D eigenvalue weighted by Gasteiger charge is -2.43. The number of halogens is 3. The molecule has 12 heteroatoms. The van der Waals surface area contributed by atoms with Crippen LogP contribution in [0, 0.1) is 0 Å². The monoisotopic (exact) mass is 462 g/mol. The van der Waals surface area contributed by atoms with Crippen molar-refractivity contribution in [3.63, 3.8) is 0 Å². The van der Waals surface area contributed by atoms with Gasteiger partial charge in [0.1, 0.15) is 12.4 Å². The summed E-state index contributed by atoms with van der Waals surface area (Å²) < 4.78 is 68.7. The van der Waals surface area contributed by atoms with Crippen LogP contribution >= 0.6 is 8.37 Å². The zero-order valence-corrected chi connectivity index (χ0v) is 20.3. The van der Waals surface area contributed by atoms with Crippen molar-refractivity contribution in [1.82, 2.24) is 13.7 Å².